The predicted octanol–water partition coefficient (Wildman–Crippen LogP) is -0.427. The molecule has 0 spiro atoms. The van der Waals surface area contributed by atoms with Gasteiger partial charge >= 0.3 is 0 Å². The molecule has 4 N–H and O–H groups in total. The number of aromatic hydroxyl groups is 1. The summed E-state index contributed by atoms with van der Waals surface area (Å²) in [5.41, 5.74) is 1.13. The van der Waals surface area contributed by atoms with Crippen molar-refractivity contribution in [1.82, 2.24) is 4.98 Å². The molecule has 1 rings (SSSR count). The topological polar surface area (TPSA) is 93.8 Å². The molecule has 78 valence electrons. The van der Waals surface area contributed by atoms with E-state index in [-0.39, 0.29) is 35.8 Å². The van der Waals surface area contributed by atoms with Crippen molar-refractivity contribution < 1.29 is 20.4 Å². The summed E-state index contributed by atoms with van der Waals surface area (Å²) in [6.07, 6.45) is 0. The highest BCUT2D eigenvalue weighted by Gasteiger charge is 2.15. The van der Waals surface area contributed by atoms with E-state index in [1.807, 2.05) is 0 Å². The molecule has 1 aromatic rings. The number of aryl methyl sites for hydroxylation is 1. The third kappa shape index (κ3) is 1.70. The van der Waals surface area contributed by atoms with E-state index in [0.717, 1.165) is 0 Å². The fourth-order valence-corrected chi connectivity index (χ4v) is 1.35. The third-order valence-electron chi connectivity index (χ3n) is 2.11. The van der Waals surface area contributed by atoms with Crippen LogP contribution in [0.2, 0.25) is 0 Å². The fraction of sp³-hybridized carbons (Fsp3) is 0.444. The van der Waals surface area contributed by atoms with Gasteiger partial charge in [-0.1, -0.05) is 0 Å². The average Bonchev–Trinajstić information content (AvgIpc) is 2.20. The molecule has 0 amide bonds. The van der Waals surface area contributed by atoms with Crippen molar-refractivity contribution in [3.8, 4) is 5.75 Å². The average molecular weight is 199 g/mol. The van der Waals surface area contributed by atoms with Crippen LogP contribution in [-0.2, 0) is 19.8 Å². The number of aromatic nitrogens is 1. The maximum Gasteiger partial charge on any atom is 0.142 e. The van der Waals surface area contributed by atoms with Gasteiger partial charge in [-0.15, -0.1) is 0 Å². The predicted molar refractivity (Wildman–Crippen MR) is 48.4 cm³/mol. The first-order valence-electron chi connectivity index (χ1n) is 4.18. The molecule has 5 nitrogen and oxygen atoms in total. The number of pyridine rings is 1. The zero-order chi connectivity index (χ0) is 10.7. The highest BCUT2D eigenvalue weighted by atomic mass is 16.3. The quantitative estimate of drug-likeness (QED) is 0.530. The molecule has 5 heteroatoms. The van der Waals surface area contributed by atoms with E-state index >= 15 is 0 Å². The molecule has 0 aliphatic rings. The minimum Gasteiger partial charge on any atom is -0.506 e. The molecule has 1 aromatic heterocycles. The summed E-state index contributed by atoms with van der Waals surface area (Å²) in [6, 6.07) is 0. The number of aliphatic hydroxyl groups is 3. The molecule has 0 unspecified atom stereocenters. The van der Waals surface area contributed by atoms with E-state index in [4.69, 9.17) is 15.3 Å². The van der Waals surface area contributed by atoms with Crippen LogP contribution in [-0.4, -0.2) is 25.4 Å². The molecular formula is C9H13NO4. The van der Waals surface area contributed by atoms with Gasteiger partial charge in [0.2, 0.25) is 0 Å². The van der Waals surface area contributed by atoms with Crippen molar-refractivity contribution in [3.05, 3.63) is 22.5 Å². The highest BCUT2D eigenvalue weighted by molar-refractivity contribution is 5.43. The van der Waals surface area contributed by atoms with Crippen LogP contribution >= 0.6 is 0 Å². The molecule has 0 atom stereocenters. The van der Waals surface area contributed by atoms with Gasteiger partial charge in [0.05, 0.1) is 31.2 Å². The van der Waals surface area contributed by atoms with Crippen molar-refractivity contribution >= 4 is 0 Å². The summed E-state index contributed by atoms with van der Waals surface area (Å²) in [5.74, 6) is -0.131. The van der Waals surface area contributed by atoms with Crippen LogP contribution in [0.4, 0.5) is 0 Å². The second-order valence-corrected chi connectivity index (χ2v) is 2.92. The molecule has 0 bridgehead atoms. The van der Waals surface area contributed by atoms with Crippen molar-refractivity contribution in [2.24, 2.45) is 0 Å². The molecule has 0 fully saturated rings. The number of hydrogen-bond acceptors (Lipinski definition) is 5. The Morgan fingerprint density at radius 3 is 2.00 bits per heavy atom. The van der Waals surface area contributed by atoms with Gasteiger partial charge in [-0.05, 0) is 6.92 Å². The minimum atomic E-state index is -0.391. The largest absolute Gasteiger partial charge is 0.506 e. The summed E-state index contributed by atoms with van der Waals surface area (Å²) in [6.45, 7) is 0.476. The third-order valence-corrected chi connectivity index (χ3v) is 2.11. The first-order chi connectivity index (χ1) is 6.65. The Kier molecular flexibility index (Phi) is 3.40. The van der Waals surface area contributed by atoms with Crippen molar-refractivity contribution in [2.45, 2.75) is 26.7 Å². The molecule has 0 radical (unpaired) electrons. The van der Waals surface area contributed by atoms with Gasteiger partial charge < -0.3 is 20.4 Å². The van der Waals surface area contributed by atoms with Gasteiger partial charge in [0.25, 0.3) is 0 Å². The summed E-state index contributed by atoms with van der Waals surface area (Å²) in [7, 11) is 0. The molecule has 0 aromatic carbocycles. The Bertz CT molecular complexity index is 338. The van der Waals surface area contributed by atoms with Crippen LogP contribution in [0.1, 0.15) is 22.5 Å². The van der Waals surface area contributed by atoms with Crippen molar-refractivity contribution in [2.75, 3.05) is 0 Å². The molecule has 0 aliphatic carbocycles. The molecule has 0 saturated heterocycles. The minimum absolute atomic E-state index is 0.131. The van der Waals surface area contributed by atoms with Crippen LogP contribution in [0, 0.1) is 6.92 Å². The Balaban J connectivity index is 3.42. The Hall–Kier alpha value is -1.17. The lowest BCUT2D eigenvalue weighted by atomic mass is 10.1. The molecule has 14 heavy (non-hydrogen) atoms. The summed E-state index contributed by atoms with van der Waals surface area (Å²) >= 11 is 0. The number of hydrogen-bond donors (Lipinski definition) is 4. The smallest absolute Gasteiger partial charge is 0.142 e. The summed E-state index contributed by atoms with van der Waals surface area (Å²) in [4.78, 5) is 3.90. The van der Waals surface area contributed by atoms with Crippen LogP contribution in [0.3, 0.4) is 0 Å². The first-order valence-corrected chi connectivity index (χ1v) is 4.18. The zero-order valence-electron chi connectivity index (χ0n) is 7.86. The Morgan fingerprint density at radius 2 is 1.57 bits per heavy atom. The second-order valence-electron chi connectivity index (χ2n) is 2.92. The van der Waals surface area contributed by atoms with Crippen molar-refractivity contribution in [3.63, 3.8) is 0 Å². The molecular weight excluding hydrogens is 186 g/mol. The zero-order valence-corrected chi connectivity index (χ0v) is 7.86. The SMILES string of the molecule is Cc1nc(CO)c(CO)c(CO)c1O. The van der Waals surface area contributed by atoms with Gasteiger partial charge in [-0.2, -0.15) is 0 Å². The van der Waals surface area contributed by atoms with E-state index in [1.54, 1.807) is 6.92 Å². The number of aliphatic hydroxyl groups excluding tert-OH is 3. The molecule has 0 aliphatic heterocycles. The van der Waals surface area contributed by atoms with Gasteiger partial charge in [0.1, 0.15) is 5.75 Å². The van der Waals surface area contributed by atoms with Gasteiger partial charge in [0.15, 0.2) is 0 Å². The Morgan fingerprint density at radius 1 is 1.00 bits per heavy atom. The molecule has 1 heterocycles. The lowest BCUT2D eigenvalue weighted by Crippen LogP contribution is -2.06. The van der Waals surface area contributed by atoms with Gasteiger partial charge in [-0.25, -0.2) is 0 Å². The second kappa shape index (κ2) is 4.36. The van der Waals surface area contributed by atoms with Crippen LogP contribution in [0.25, 0.3) is 0 Å². The maximum atomic E-state index is 9.51. The van der Waals surface area contributed by atoms with Crippen LogP contribution in [0.15, 0.2) is 0 Å². The van der Waals surface area contributed by atoms with Crippen molar-refractivity contribution in [1.29, 1.82) is 0 Å². The van der Waals surface area contributed by atoms with Gasteiger partial charge in [-0.3, -0.25) is 4.98 Å². The number of rotatable bonds is 3. The summed E-state index contributed by atoms with van der Waals surface area (Å²) in [5, 5.41) is 36.5. The standard InChI is InChI=1S/C9H13NO4/c1-5-9(14)7(3-12)6(2-11)8(4-13)10-5/h11-14H,2-4H2,1H3. The normalized spacial score (nSPS) is 10.6. The number of nitrogens with zero attached hydrogens (tertiary/aromatic N) is 1. The first kappa shape index (κ1) is 10.9. The molecule has 0 saturated carbocycles. The van der Waals surface area contributed by atoms with E-state index in [9.17, 15) is 5.11 Å². The van der Waals surface area contributed by atoms with Gasteiger partial charge in [0, 0.05) is 11.1 Å². The van der Waals surface area contributed by atoms with E-state index in [0.29, 0.717) is 5.69 Å². The van der Waals surface area contributed by atoms with Crippen LogP contribution < -0.4 is 0 Å². The maximum absolute atomic E-state index is 9.51. The van der Waals surface area contributed by atoms with E-state index < -0.39 is 6.61 Å². The Labute approximate surface area is 81.3 Å². The summed E-state index contributed by atoms with van der Waals surface area (Å²) < 4.78 is 0. The van der Waals surface area contributed by atoms with E-state index in [2.05, 4.69) is 4.98 Å². The van der Waals surface area contributed by atoms with Crippen LogP contribution in [0.5, 0.6) is 5.75 Å². The fourth-order valence-electron chi connectivity index (χ4n) is 1.35. The highest BCUT2D eigenvalue weighted by Crippen LogP contribution is 2.26. The van der Waals surface area contributed by atoms with E-state index in [1.165, 1.54) is 0 Å². The lowest BCUT2D eigenvalue weighted by Gasteiger charge is -2.12. The monoisotopic (exact) mass is 199 g/mol. The lowest BCUT2D eigenvalue weighted by molar-refractivity contribution is 0.240.